The summed E-state index contributed by atoms with van der Waals surface area (Å²) in [6.07, 6.45) is 1.16. The lowest BCUT2D eigenvalue weighted by molar-refractivity contribution is -0.148. The smallest absolute Gasteiger partial charge is 0.326 e. The first-order chi connectivity index (χ1) is 13.5. The number of benzene rings is 2. The Hall–Kier alpha value is -3.15. The van der Waals surface area contributed by atoms with Crippen LogP contribution in [-0.2, 0) is 9.59 Å². The SMILES string of the molecule is Cc1ccc(C(=O)NC(CC(=O)N2CCCC2C(=O)O)c2ccccc2)cc1. The van der Waals surface area contributed by atoms with E-state index in [-0.39, 0.29) is 18.2 Å². The maximum absolute atomic E-state index is 12.8. The number of amides is 2. The van der Waals surface area contributed by atoms with Crippen molar-refractivity contribution >= 4 is 17.8 Å². The van der Waals surface area contributed by atoms with E-state index in [0.29, 0.717) is 24.9 Å². The Morgan fingerprint density at radius 3 is 2.43 bits per heavy atom. The molecule has 2 aromatic carbocycles. The maximum atomic E-state index is 12.8. The molecule has 0 bridgehead atoms. The van der Waals surface area contributed by atoms with Crippen molar-refractivity contribution in [3.63, 3.8) is 0 Å². The van der Waals surface area contributed by atoms with Crippen molar-refractivity contribution < 1.29 is 19.5 Å². The van der Waals surface area contributed by atoms with E-state index in [0.717, 1.165) is 11.1 Å². The molecule has 1 aliphatic heterocycles. The number of rotatable bonds is 6. The summed E-state index contributed by atoms with van der Waals surface area (Å²) in [7, 11) is 0. The molecule has 1 saturated heterocycles. The van der Waals surface area contributed by atoms with E-state index in [9.17, 15) is 19.5 Å². The second-order valence-corrected chi connectivity index (χ2v) is 7.09. The topological polar surface area (TPSA) is 86.7 Å². The number of carbonyl (C=O) groups excluding carboxylic acids is 2. The fourth-order valence-electron chi connectivity index (χ4n) is 3.50. The standard InChI is InChI=1S/C22H24N2O4/c1-15-9-11-17(12-10-15)21(26)23-18(16-6-3-2-4-7-16)14-20(25)24-13-5-8-19(24)22(27)28/h2-4,6-7,9-12,18-19H,5,8,13-14H2,1H3,(H,23,26)(H,27,28). The quantitative estimate of drug-likeness (QED) is 0.807. The van der Waals surface area contributed by atoms with Crippen molar-refractivity contribution in [1.29, 1.82) is 0 Å². The molecule has 2 atom stereocenters. The van der Waals surface area contributed by atoms with E-state index in [1.807, 2.05) is 49.4 Å². The number of likely N-dealkylation sites (tertiary alicyclic amines) is 1. The van der Waals surface area contributed by atoms with Gasteiger partial charge >= 0.3 is 5.97 Å². The first kappa shape index (κ1) is 19.6. The van der Waals surface area contributed by atoms with Crippen LogP contribution in [0.3, 0.4) is 0 Å². The monoisotopic (exact) mass is 380 g/mol. The number of hydrogen-bond donors (Lipinski definition) is 2. The Morgan fingerprint density at radius 1 is 1.11 bits per heavy atom. The molecule has 0 aliphatic carbocycles. The second kappa shape index (κ2) is 8.69. The number of carbonyl (C=O) groups is 3. The van der Waals surface area contributed by atoms with E-state index in [1.165, 1.54) is 4.90 Å². The molecule has 2 N–H and O–H groups in total. The van der Waals surface area contributed by atoms with Crippen LogP contribution in [0.15, 0.2) is 54.6 Å². The highest BCUT2D eigenvalue weighted by Gasteiger charge is 2.35. The molecule has 2 amide bonds. The first-order valence-electron chi connectivity index (χ1n) is 9.40. The third-order valence-electron chi connectivity index (χ3n) is 5.06. The average molecular weight is 380 g/mol. The molecule has 2 unspecified atom stereocenters. The Balaban J connectivity index is 1.78. The van der Waals surface area contributed by atoms with E-state index in [2.05, 4.69) is 5.32 Å². The van der Waals surface area contributed by atoms with E-state index >= 15 is 0 Å². The summed E-state index contributed by atoms with van der Waals surface area (Å²) in [4.78, 5) is 38.3. The molecular formula is C22H24N2O4. The largest absolute Gasteiger partial charge is 0.480 e. The van der Waals surface area contributed by atoms with Crippen molar-refractivity contribution in [2.45, 2.75) is 38.3 Å². The molecule has 1 aliphatic rings. The van der Waals surface area contributed by atoms with Gasteiger partial charge in [0.05, 0.1) is 12.5 Å². The minimum Gasteiger partial charge on any atom is -0.480 e. The van der Waals surface area contributed by atoms with Gasteiger partial charge in [-0.3, -0.25) is 9.59 Å². The van der Waals surface area contributed by atoms with E-state index < -0.39 is 18.1 Å². The lowest BCUT2D eigenvalue weighted by Crippen LogP contribution is -2.42. The molecule has 28 heavy (non-hydrogen) atoms. The van der Waals surface area contributed by atoms with Crippen LogP contribution in [0.4, 0.5) is 0 Å². The molecule has 2 aromatic rings. The fraction of sp³-hybridized carbons (Fsp3) is 0.318. The molecule has 1 heterocycles. The van der Waals surface area contributed by atoms with E-state index in [1.54, 1.807) is 12.1 Å². The van der Waals surface area contributed by atoms with Gasteiger partial charge < -0.3 is 15.3 Å². The Labute approximate surface area is 164 Å². The molecule has 0 spiro atoms. The first-order valence-corrected chi connectivity index (χ1v) is 9.40. The van der Waals surface area contributed by atoms with Crippen LogP contribution in [-0.4, -0.2) is 40.4 Å². The normalized spacial score (nSPS) is 17.2. The molecule has 0 radical (unpaired) electrons. The van der Waals surface area contributed by atoms with Crippen LogP contribution in [0.25, 0.3) is 0 Å². The average Bonchev–Trinajstić information content (AvgIpc) is 3.19. The fourth-order valence-corrected chi connectivity index (χ4v) is 3.50. The predicted octanol–water partition coefficient (Wildman–Crippen LogP) is 2.93. The minimum atomic E-state index is -0.981. The lowest BCUT2D eigenvalue weighted by atomic mass is 10.0. The van der Waals surface area contributed by atoms with Gasteiger partial charge in [-0.2, -0.15) is 0 Å². The molecular weight excluding hydrogens is 356 g/mol. The van der Waals surface area contributed by atoms with Crippen molar-refractivity contribution in [2.75, 3.05) is 6.54 Å². The third-order valence-corrected chi connectivity index (χ3v) is 5.06. The highest BCUT2D eigenvalue weighted by Crippen LogP contribution is 2.23. The van der Waals surface area contributed by atoms with Crippen LogP contribution >= 0.6 is 0 Å². The van der Waals surface area contributed by atoms with Crippen molar-refractivity contribution in [3.05, 3.63) is 71.3 Å². The highest BCUT2D eigenvalue weighted by molar-refractivity contribution is 5.95. The van der Waals surface area contributed by atoms with Crippen LogP contribution in [0.2, 0.25) is 0 Å². The van der Waals surface area contributed by atoms with Gasteiger partial charge in [0.25, 0.3) is 5.91 Å². The van der Waals surface area contributed by atoms with Gasteiger partial charge in [0.15, 0.2) is 0 Å². The second-order valence-electron chi connectivity index (χ2n) is 7.09. The Morgan fingerprint density at radius 2 is 1.79 bits per heavy atom. The Kier molecular flexibility index (Phi) is 6.09. The molecule has 0 saturated carbocycles. The minimum absolute atomic E-state index is 0.0192. The lowest BCUT2D eigenvalue weighted by Gasteiger charge is -2.25. The summed E-state index contributed by atoms with van der Waals surface area (Å²) in [5, 5.41) is 12.3. The summed E-state index contributed by atoms with van der Waals surface area (Å²) >= 11 is 0. The van der Waals surface area contributed by atoms with Gasteiger partial charge in [-0.1, -0.05) is 48.0 Å². The molecule has 146 valence electrons. The molecule has 6 nitrogen and oxygen atoms in total. The zero-order valence-electron chi connectivity index (χ0n) is 15.8. The number of aliphatic carboxylic acids is 1. The summed E-state index contributed by atoms with van der Waals surface area (Å²) in [5.41, 5.74) is 2.38. The number of carboxylic acid groups (broad SMARTS) is 1. The summed E-state index contributed by atoms with van der Waals surface area (Å²) in [6.45, 7) is 2.38. The number of carboxylic acids is 1. The number of nitrogens with one attached hydrogen (secondary N) is 1. The Bertz CT molecular complexity index is 849. The molecule has 6 heteroatoms. The summed E-state index contributed by atoms with van der Waals surface area (Å²) in [6, 6.07) is 15.2. The van der Waals surface area contributed by atoms with Gasteiger partial charge in [0.2, 0.25) is 5.91 Å². The third kappa shape index (κ3) is 4.57. The van der Waals surface area contributed by atoms with Crippen LogP contribution in [0.5, 0.6) is 0 Å². The van der Waals surface area contributed by atoms with Gasteiger partial charge in [-0.05, 0) is 37.5 Å². The molecule has 1 fully saturated rings. The van der Waals surface area contributed by atoms with Crippen molar-refractivity contribution in [3.8, 4) is 0 Å². The van der Waals surface area contributed by atoms with Crippen molar-refractivity contribution in [1.82, 2.24) is 10.2 Å². The highest BCUT2D eigenvalue weighted by atomic mass is 16.4. The molecule has 0 aromatic heterocycles. The number of hydrogen-bond acceptors (Lipinski definition) is 3. The molecule has 3 rings (SSSR count). The maximum Gasteiger partial charge on any atom is 0.326 e. The zero-order chi connectivity index (χ0) is 20.1. The number of aryl methyl sites for hydroxylation is 1. The number of nitrogens with zero attached hydrogens (tertiary/aromatic N) is 1. The van der Waals surface area contributed by atoms with Crippen molar-refractivity contribution in [2.24, 2.45) is 0 Å². The van der Waals surface area contributed by atoms with Crippen LogP contribution in [0, 0.1) is 6.92 Å². The zero-order valence-corrected chi connectivity index (χ0v) is 15.8. The van der Waals surface area contributed by atoms with Crippen LogP contribution < -0.4 is 5.32 Å². The van der Waals surface area contributed by atoms with Gasteiger partial charge in [0.1, 0.15) is 6.04 Å². The predicted molar refractivity (Wildman–Crippen MR) is 105 cm³/mol. The summed E-state index contributed by atoms with van der Waals surface area (Å²) < 4.78 is 0. The summed E-state index contributed by atoms with van der Waals surface area (Å²) in [5.74, 6) is -1.51. The van der Waals surface area contributed by atoms with Crippen LogP contribution in [0.1, 0.15) is 46.8 Å². The van der Waals surface area contributed by atoms with Gasteiger partial charge in [0, 0.05) is 12.1 Å². The van der Waals surface area contributed by atoms with Gasteiger partial charge in [-0.25, -0.2) is 4.79 Å². The van der Waals surface area contributed by atoms with E-state index in [4.69, 9.17) is 0 Å². The van der Waals surface area contributed by atoms with Gasteiger partial charge in [-0.15, -0.1) is 0 Å².